The van der Waals surface area contributed by atoms with Crippen LogP contribution in [0, 0.1) is 11.3 Å². The molecule has 0 radical (unpaired) electrons. The molecule has 0 aliphatic rings. The van der Waals surface area contributed by atoms with Crippen molar-refractivity contribution in [3.8, 4) is 11.8 Å². The fourth-order valence-corrected chi connectivity index (χ4v) is 2.49. The molecule has 0 aliphatic heterocycles. The molecule has 4 heteroatoms. The molecule has 0 unspecified atom stereocenters. The number of ether oxygens (including phenoxy) is 1. The van der Waals surface area contributed by atoms with Gasteiger partial charge in [-0.2, -0.15) is 5.26 Å². The highest BCUT2D eigenvalue weighted by Gasteiger charge is 2.11. The Hall–Kier alpha value is -3.84. The number of nitrogens with zero attached hydrogens (tertiary/aromatic N) is 1. The minimum absolute atomic E-state index is 0.00890. The molecule has 0 spiro atoms. The number of benzene rings is 3. The van der Waals surface area contributed by atoms with Gasteiger partial charge in [-0.05, 0) is 29.8 Å². The van der Waals surface area contributed by atoms with Crippen LogP contribution in [0.25, 0.3) is 6.08 Å². The number of carbonyl (C=O) groups is 1. The van der Waals surface area contributed by atoms with E-state index in [1.165, 1.54) is 0 Å². The molecule has 4 nitrogen and oxygen atoms in total. The number of hydrogen-bond donors (Lipinski definition) is 1. The molecular weight excluding hydrogens is 336 g/mol. The molecule has 0 fully saturated rings. The van der Waals surface area contributed by atoms with Crippen LogP contribution in [0.1, 0.15) is 11.1 Å². The molecule has 0 heterocycles. The van der Waals surface area contributed by atoms with E-state index in [0.717, 1.165) is 5.56 Å². The summed E-state index contributed by atoms with van der Waals surface area (Å²) in [6.45, 7) is 0.407. The molecule has 132 valence electrons. The summed E-state index contributed by atoms with van der Waals surface area (Å²) in [5.74, 6) is 0.156. The van der Waals surface area contributed by atoms with Gasteiger partial charge < -0.3 is 10.1 Å². The van der Waals surface area contributed by atoms with E-state index in [2.05, 4.69) is 5.32 Å². The van der Waals surface area contributed by atoms with Crippen LogP contribution in [0.3, 0.4) is 0 Å². The second kappa shape index (κ2) is 9.02. The first kappa shape index (κ1) is 18.0. The van der Waals surface area contributed by atoms with Gasteiger partial charge in [0.1, 0.15) is 24.0 Å². The average molecular weight is 354 g/mol. The van der Waals surface area contributed by atoms with E-state index in [4.69, 9.17) is 4.74 Å². The van der Waals surface area contributed by atoms with E-state index >= 15 is 0 Å². The summed E-state index contributed by atoms with van der Waals surface area (Å²) < 4.78 is 5.88. The number of para-hydroxylation sites is 2. The summed E-state index contributed by atoms with van der Waals surface area (Å²) in [4.78, 5) is 12.4. The Morgan fingerprint density at radius 2 is 1.56 bits per heavy atom. The molecule has 0 aromatic heterocycles. The molecule has 0 atom stereocenters. The van der Waals surface area contributed by atoms with Crippen LogP contribution in [0.5, 0.6) is 5.75 Å². The SMILES string of the molecule is N#C/C(=C/c1ccccc1OCc1ccccc1)C(=O)Nc1ccccc1. The van der Waals surface area contributed by atoms with Crippen molar-refractivity contribution in [3.63, 3.8) is 0 Å². The largest absolute Gasteiger partial charge is 0.488 e. The van der Waals surface area contributed by atoms with E-state index in [-0.39, 0.29) is 5.57 Å². The average Bonchev–Trinajstić information content (AvgIpc) is 2.72. The number of nitrogens with one attached hydrogen (secondary N) is 1. The van der Waals surface area contributed by atoms with Crippen molar-refractivity contribution in [3.05, 3.63) is 102 Å². The predicted molar refractivity (Wildman–Crippen MR) is 106 cm³/mol. The molecule has 3 rings (SSSR count). The summed E-state index contributed by atoms with van der Waals surface area (Å²) in [6.07, 6.45) is 1.54. The number of amides is 1. The third-order valence-corrected chi connectivity index (χ3v) is 3.85. The Morgan fingerprint density at radius 1 is 0.926 bits per heavy atom. The van der Waals surface area contributed by atoms with Crippen LogP contribution >= 0.6 is 0 Å². The second-order valence-corrected chi connectivity index (χ2v) is 5.80. The zero-order valence-electron chi connectivity index (χ0n) is 14.6. The van der Waals surface area contributed by atoms with Gasteiger partial charge in [-0.25, -0.2) is 0 Å². The van der Waals surface area contributed by atoms with Crippen LogP contribution < -0.4 is 10.1 Å². The molecule has 1 amide bonds. The van der Waals surface area contributed by atoms with Crippen molar-refractivity contribution >= 4 is 17.7 Å². The standard InChI is InChI=1S/C23H18N2O2/c24-16-20(23(26)25-21-12-5-2-6-13-21)15-19-11-7-8-14-22(19)27-17-18-9-3-1-4-10-18/h1-15H,17H2,(H,25,26)/b20-15-. The highest BCUT2D eigenvalue weighted by atomic mass is 16.5. The van der Waals surface area contributed by atoms with Crippen molar-refractivity contribution in [2.75, 3.05) is 5.32 Å². The lowest BCUT2D eigenvalue weighted by molar-refractivity contribution is -0.112. The first-order valence-corrected chi connectivity index (χ1v) is 8.50. The minimum Gasteiger partial charge on any atom is -0.488 e. The second-order valence-electron chi connectivity index (χ2n) is 5.80. The third kappa shape index (κ3) is 5.07. The quantitative estimate of drug-likeness (QED) is 0.510. The first-order chi connectivity index (χ1) is 13.3. The summed E-state index contributed by atoms with van der Waals surface area (Å²) in [7, 11) is 0. The molecule has 0 saturated heterocycles. The van der Waals surface area contributed by atoms with Crippen LogP contribution in [0.15, 0.2) is 90.5 Å². The van der Waals surface area contributed by atoms with Crippen molar-refractivity contribution in [2.45, 2.75) is 6.61 Å². The molecule has 0 aliphatic carbocycles. The van der Waals surface area contributed by atoms with Crippen LogP contribution in [0.2, 0.25) is 0 Å². The Morgan fingerprint density at radius 3 is 2.26 bits per heavy atom. The maximum Gasteiger partial charge on any atom is 0.266 e. The molecule has 0 bridgehead atoms. The van der Waals surface area contributed by atoms with Gasteiger partial charge in [0.15, 0.2) is 0 Å². The predicted octanol–water partition coefficient (Wildman–Crippen LogP) is 4.81. The van der Waals surface area contributed by atoms with Gasteiger partial charge in [-0.15, -0.1) is 0 Å². The van der Waals surface area contributed by atoms with Crippen LogP contribution in [-0.2, 0) is 11.4 Å². The van der Waals surface area contributed by atoms with Crippen molar-refractivity contribution < 1.29 is 9.53 Å². The Balaban J connectivity index is 1.78. The smallest absolute Gasteiger partial charge is 0.266 e. The lowest BCUT2D eigenvalue weighted by atomic mass is 10.1. The minimum atomic E-state index is -0.457. The zero-order valence-corrected chi connectivity index (χ0v) is 14.6. The number of nitriles is 1. The van der Waals surface area contributed by atoms with E-state index in [1.54, 1.807) is 18.2 Å². The molecule has 0 saturated carbocycles. The van der Waals surface area contributed by atoms with Crippen molar-refractivity contribution in [1.29, 1.82) is 5.26 Å². The normalized spacial score (nSPS) is 10.7. The fourth-order valence-electron chi connectivity index (χ4n) is 2.49. The number of hydrogen-bond acceptors (Lipinski definition) is 3. The van der Waals surface area contributed by atoms with Crippen LogP contribution in [-0.4, -0.2) is 5.91 Å². The van der Waals surface area contributed by atoms with Gasteiger partial charge in [0.05, 0.1) is 0 Å². The molecular formula is C23H18N2O2. The maximum atomic E-state index is 12.4. The Kier molecular flexibility index (Phi) is 6.00. The van der Waals surface area contributed by atoms with Gasteiger partial charge in [0.25, 0.3) is 5.91 Å². The third-order valence-electron chi connectivity index (χ3n) is 3.85. The molecule has 3 aromatic rings. The van der Waals surface area contributed by atoms with Crippen molar-refractivity contribution in [1.82, 2.24) is 0 Å². The molecule has 27 heavy (non-hydrogen) atoms. The van der Waals surface area contributed by atoms with E-state index in [0.29, 0.717) is 23.6 Å². The van der Waals surface area contributed by atoms with E-state index in [1.807, 2.05) is 78.9 Å². The monoisotopic (exact) mass is 354 g/mol. The van der Waals surface area contributed by atoms with Gasteiger partial charge in [-0.1, -0.05) is 66.7 Å². The zero-order chi connectivity index (χ0) is 18.9. The topological polar surface area (TPSA) is 62.1 Å². The summed E-state index contributed by atoms with van der Waals surface area (Å²) in [5, 5.41) is 12.1. The van der Waals surface area contributed by atoms with Gasteiger partial charge in [0, 0.05) is 11.3 Å². The molecule has 3 aromatic carbocycles. The first-order valence-electron chi connectivity index (χ1n) is 8.50. The van der Waals surface area contributed by atoms with E-state index in [9.17, 15) is 10.1 Å². The maximum absolute atomic E-state index is 12.4. The summed E-state index contributed by atoms with van der Waals surface area (Å²) >= 11 is 0. The number of carbonyl (C=O) groups excluding carboxylic acids is 1. The lowest BCUT2D eigenvalue weighted by Gasteiger charge is -2.10. The Bertz CT molecular complexity index is 974. The molecule has 1 N–H and O–H groups in total. The summed E-state index contributed by atoms with van der Waals surface area (Å²) in [5.41, 5.74) is 2.36. The van der Waals surface area contributed by atoms with Gasteiger partial charge in [0.2, 0.25) is 0 Å². The fraction of sp³-hybridized carbons (Fsp3) is 0.0435. The highest BCUT2D eigenvalue weighted by molar-refractivity contribution is 6.09. The lowest BCUT2D eigenvalue weighted by Crippen LogP contribution is -2.13. The summed E-state index contributed by atoms with van der Waals surface area (Å²) in [6, 6.07) is 28.1. The van der Waals surface area contributed by atoms with Crippen molar-refractivity contribution in [2.24, 2.45) is 0 Å². The van der Waals surface area contributed by atoms with Gasteiger partial charge in [-0.3, -0.25) is 4.79 Å². The number of anilines is 1. The van der Waals surface area contributed by atoms with E-state index < -0.39 is 5.91 Å². The van der Waals surface area contributed by atoms with Gasteiger partial charge >= 0.3 is 0 Å². The highest BCUT2D eigenvalue weighted by Crippen LogP contribution is 2.22. The van der Waals surface area contributed by atoms with Crippen LogP contribution in [0.4, 0.5) is 5.69 Å². The Labute approximate surface area is 158 Å². The number of rotatable bonds is 6.